The van der Waals surface area contributed by atoms with E-state index in [4.69, 9.17) is 16.4 Å². The normalized spacial score (nSPS) is 14.0. The Labute approximate surface area is 306 Å². The third kappa shape index (κ3) is 12.0. The number of carbonyl (C=O) groups is 4. The third-order valence-electron chi connectivity index (χ3n) is 7.03. The maximum absolute atomic E-state index is 12.9. The predicted octanol–water partition coefficient (Wildman–Crippen LogP) is 6.42. The van der Waals surface area contributed by atoms with Gasteiger partial charge < -0.3 is 20.9 Å². The van der Waals surface area contributed by atoms with Gasteiger partial charge in [-0.05, 0) is 48.2 Å². The van der Waals surface area contributed by atoms with Crippen molar-refractivity contribution in [2.45, 2.75) is 37.8 Å². The summed E-state index contributed by atoms with van der Waals surface area (Å²) in [7, 11) is 0. The van der Waals surface area contributed by atoms with Gasteiger partial charge >= 0.3 is 30.1 Å². The van der Waals surface area contributed by atoms with Crippen LogP contribution in [0.1, 0.15) is 17.5 Å². The molecule has 1 saturated heterocycles. The van der Waals surface area contributed by atoms with E-state index in [1.807, 2.05) is 30.5 Å². The van der Waals surface area contributed by atoms with Gasteiger partial charge in [0, 0.05) is 43.0 Å². The van der Waals surface area contributed by atoms with E-state index in [0.29, 0.717) is 29.1 Å². The first-order valence-corrected chi connectivity index (χ1v) is 16.2. The van der Waals surface area contributed by atoms with Crippen LogP contribution in [0.5, 0.6) is 0 Å². The van der Waals surface area contributed by atoms with Crippen molar-refractivity contribution in [3.63, 3.8) is 0 Å². The number of carbonyl (C=O) groups excluding carboxylic acids is 4. The van der Waals surface area contributed by atoms with Crippen LogP contribution in [0, 0.1) is 5.92 Å². The Morgan fingerprint density at radius 3 is 2.19 bits per heavy atom. The molecule has 0 spiro atoms. The van der Waals surface area contributed by atoms with E-state index < -0.39 is 36.4 Å². The summed E-state index contributed by atoms with van der Waals surface area (Å²) in [6.45, 7) is 1.63. The number of fused-ring (bicyclic) bond motifs is 6. The van der Waals surface area contributed by atoms with E-state index in [-0.39, 0.29) is 5.91 Å². The number of amides is 1. The fraction of sp³-hybridized carbons (Fsp3) is 0.300. The summed E-state index contributed by atoms with van der Waals surface area (Å²) in [5.41, 5.74) is 6.22. The summed E-state index contributed by atoms with van der Waals surface area (Å²) in [6, 6.07) is 7.88. The van der Waals surface area contributed by atoms with E-state index in [0.717, 1.165) is 59.3 Å². The van der Waals surface area contributed by atoms with Crippen LogP contribution in [0.3, 0.4) is 0 Å². The second-order valence-corrected chi connectivity index (χ2v) is 12.4. The number of hydrogen-bond acceptors (Lipinski definition) is 13. The van der Waals surface area contributed by atoms with Crippen molar-refractivity contribution in [2.24, 2.45) is 5.92 Å². The summed E-state index contributed by atoms with van der Waals surface area (Å²) in [6.07, 6.45) is -10.2. The Kier molecular flexibility index (Phi) is 13.1. The fourth-order valence-electron chi connectivity index (χ4n) is 4.63. The number of aryl methyl sites for hydroxylation is 2. The van der Waals surface area contributed by atoms with Crippen LogP contribution in [0.15, 0.2) is 48.4 Å². The molecule has 2 aliphatic heterocycles. The Hall–Kier alpha value is -5.45. The van der Waals surface area contributed by atoms with Crippen molar-refractivity contribution in [1.82, 2.24) is 25.1 Å². The summed E-state index contributed by atoms with van der Waals surface area (Å²) in [5.74, 6) is -5.59. The van der Waals surface area contributed by atoms with Crippen LogP contribution in [0.2, 0.25) is 5.02 Å². The zero-order valence-electron chi connectivity index (χ0n) is 26.8. The van der Waals surface area contributed by atoms with Gasteiger partial charge in [-0.1, -0.05) is 22.9 Å². The number of nitrogens with one attached hydrogen (secondary N) is 3. The number of anilines is 6. The molecular formula is C30H23ClF9N9O4S. The molecular weight excluding hydrogens is 789 g/mol. The summed E-state index contributed by atoms with van der Waals surface area (Å²) >= 11 is 7.86. The van der Waals surface area contributed by atoms with Gasteiger partial charge in [0.15, 0.2) is 5.82 Å². The minimum absolute atomic E-state index is 0.00754. The van der Waals surface area contributed by atoms with Crippen molar-refractivity contribution in [3.05, 3.63) is 64.5 Å². The molecule has 1 aromatic carbocycles. The molecule has 6 bridgehead atoms. The lowest BCUT2D eigenvalue weighted by Crippen LogP contribution is -2.48. The number of alkyl halides is 9. The summed E-state index contributed by atoms with van der Waals surface area (Å²) in [4.78, 5) is 56.1. The topological polar surface area (TPSA) is 172 Å². The van der Waals surface area contributed by atoms with E-state index in [9.17, 15) is 53.9 Å². The number of benzene rings is 1. The number of hydrogen-bond donors (Lipinski definition) is 3. The van der Waals surface area contributed by atoms with Crippen LogP contribution in [-0.2, 0) is 32.0 Å². The lowest BCUT2D eigenvalue weighted by atomic mass is 9.96. The van der Waals surface area contributed by atoms with Crippen molar-refractivity contribution < 1.29 is 58.7 Å². The van der Waals surface area contributed by atoms with E-state index >= 15 is 0 Å². The maximum atomic E-state index is 12.9. The van der Waals surface area contributed by atoms with Crippen LogP contribution < -0.4 is 20.9 Å². The molecule has 6 rings (SSSR count). The minimum Gasteiger partial charge on any atom is -0.346 e. The predicted molar refractivity (Wildman–Crippen MR) is 175 cm³/mol. The highest BCUT2D eigenvalue weighted by Gasteiger charge is 2.54. The molecule has 0 saturated carbocycles. The minimum atomic E-state index is -5.77. The van der Waals surface area contributed by atoms with Crippen LogP contribution in [0.4, 0.5) is 73.5 Å². The van der Waals surface area contributed by atoms with Crippen LogP contribution >= 0.6 is 22.9 Å². The van der Waals surface area contributed by atoms with E-state index in [1.165, 1.54) is 11.3 Å². The quantitative estimate of drug-likeness (QED) is 0.115. The van der Waals surface area contributed by atoms with E-state index in [2.05, 4.69) is 46.0 Å². The average molecular weight is 812 g/mol. The number of rotatable bonds is 5. The number of aromatic nitrogens is 5. The highest BCUT2D eigenvalue weighted by molar-refractivity contribution is 7.13. The first-order chi connectivity index (χ1) is 25.2. The number of Topliss-reactive ketones (excluding diaryl/α,β-unsaturated/α-hetero) is 2. The lowest BCUT2D eigenvalue weighted by molar-refractivity contribution is -0.193. The van der Waals surface area contributed by atoms with Crippen LogP contribution in [0.25, 0.3) is 0 Å². The van der Waals surface area contributed by atoms with Crippen molar-refractivity contribution in [3.8, 4) is 0 Å². The number of pyridine rings is 1. The second kappa shape index (κ2) is 17.1. The maximum Gasteiger partial charge on any atom is 0.458 e. The van der Waals surface area contributed by atoms with Crippen molar-refractivity contribution in [2.75, 3.05) is 33.9 Å². The summed E-state index contributed by atoms with van der Waals surface area (Å²) in [5, 5.41) is 18.9. The highest BCUT2D eigenvalue weighted by Crippen LogP contribution is 2.31. The molecule has 3 N–H and O–H groups in total. The molecule has 5 heterocycles. The number of halogens is 10. The molecule has 0 radical (unpaired) electrons. The average Bonchev–Trinajstić information content (AvgIpc) is 3.61. The Morgan fingerprint density at radius 2 is 1.59 bits per heavy atom. The largest absolute Gasteiger partial charge is 0.458 e. The molecule has 24 heteroatoms. The molecule has 0 unspecified atom stereocenters. The SMILES string of the molecule is O=C(C(=O)C(F)(F)F)C(F)(F)F.O=C(CC1CN(c2nncs2)C1)Nc1ccc2cc1CCc1cncc(c1)Nc1ncc(Cl)c(n1)N2.O=CC(F)(F)F. The highest BCUT2D eigenvalue weighted by atomic mass is 35.5. The van der Waals surface area contributed by atoms with Gasteiger partial charge in [-0.3, -0.25) is 24.2 Å². The molecule has 1 fully saturated rings. The number of ketones is 2. The smallest absolute Gasteiger partial charge is 0.346 e. The van der Waals surface area contributed by atoms with Crippen LogP contribution in [-0.4, -0.2) is 80.5 Å². The van der Waals surface area contributed by atoms with Crippen molar-refractivity contribution in [1.29, 1.82) is 0 Å². The zero-order chi connectivity index (χ0) is 39.8. The first-order valence-electron chi connectivity index (χ1n) is 14.9. The Bertz CT molecular complexity index is 1950. The molecule has 1 amide bonds. The molecule has 0 atom stereocenters. The zero-order valence-corrected chi connectivity index (χ0v) is 28.4. The number of aldehydes is 1. The lowest BCUT2D eigenvalue weighted by Gasteiger charge is -2.38. The van der Waals surface area contributed by atoms with Gasteiger partial charge in [-0.15, -0.1) is 10.2 Å². The Morgan fingerprint density at radius 1 is 0.926 bits per heavy atom. The molecule has 0 aliphatic carbocycles. The van der Waals surface area contributed by atoms with Gasteiger partial charge in [0.25, 0.3) is 0 Å². The third-order valence-corrected chi connectivity index (χ3v) is 8.05. The van der Waals surface area contributed by atoms with Gasteiger partial charge in [0.05, 0.1) is 18.1 Å². The fourth-order valence-corrected chi connectivity index (χ4v) is 5.35. The van der Waals surface area contributed by atoms with Gasteiger partial charge in [-0.25, -0.2) is 4.98 Å². The van der Waals surface area contributed by atoms with Gasteiger partial charge in [0.1, 0.15) is 10.5 Å². The monoisotopic (exact) mass is 811 g/mol. The molecule has 288 valence electrons. The second-order valence-electron chi connectivity index (χ2n) is 11.2. The molecule has 2 aliphatic rings. The van der Waals surface area contributed by atoms with E-state index in [1.54, 1.807) is 17.9 Å². The van der Waals surface area contributed by atoms with Gasteiger partial charge in [0.2, 0.25) is 23.3 Å². The van der Waals surface area contributed by atoms with Gasteiger partial charge in [-0.2, -0.15) is 44.5 Å². The first kappa shape index (κ1) is 41.3. The van der Waals surface area contributed by atoms with Crippen molar-refractivity contribution >= 4 is 80.7 Å². The molecule has 13 nitrogen and oxygen atoms in total. The molecule has 3 aromatic heterocycles. The number of nitrogens with zero attached hydrogens (tertiary/aromatic N) is 6. The summed E-state index contributed by atoms with van der Waals surface area (Å²) < 4.78 is 98.2. The molecule has 54 heavy (non-hydrogen) atoms. The Balaban J connectivity index is 0.000000301. The standard InChI is InChI=1S/C24H22ClN9OS.C4F6O2.C2HF3O/c25-19-10-27-23-30-18-5-14(8-26-9-18)1-2-16-7-17(29-22(19)32-23)3-4-20(16)31-21(35)6-15-11-34(12-15)24-33-28-13-36-24;5-3(6,7)1(11)2(12)4(8,9)10;3-2(4,5)1-6/h3-5,7-10,13,15H,1-2,6,11-12H2,(H,31,35)(H2,27,29,30,32);;1H. The molecule has 4 aromatic rings.